The Morgan fingerprint density at radius 1 is 0.333 bits per heavy atom. The number of ether oxygens (including phenoxy) is 1. The maximum absolute atomic E-state index is 13.2. The monoisotopic (exact) mass is 614 g/mol. The van der Waals surface area contributed by atoms with Gasteiger partial charge in [-0.15, -0.1) is 0 Å². The summed E-state index contributed by atoms with van der Waals surface area (Å²) >= 11 is 0.476. The highest BCUT2D eigenvalue weighted by atomic mass is 79.9. The van der Waals surface area contributed by atoms with Gasteiger partial charge in [0.2, 0.25) is 0 Å². The normalized spacial score (nSPS) is 16.9. The molecular weight excluding hydrogens is 615 g/mol. The minimum atomic E-state index is -9.05. The van der Waals surface area contributed by atoms with Gasteiger partial charge in [-0.05, 0) is 0 Å². The second kappa shape index (κ2) is 7.73. The van der Waals surface area contributed by atoms with Gasteiger partial charge in [0.1, 0.15) is 0 Å². The molecule has 33 heavy (non-hydrogen) atoms. The van der Waals surface area contributed by atoms with Crippen molar-refractivity contribution in [3.05, 3.63) is 0 Å². The average Bonchev–Trinajstić information content (AvgIpc) is 2.50. The minimum absolute atomic E-state index is 0.476. The van der Waals surface area contributed by atoms with Crippen LogP contribution in [0.2, 0.25) is 0 Å². The molecule has 0 aromatic rings. The molecule has 0 fully saturated rings. The van der Waals surface area contributed by atoms with Crippen molar-refractivity contribution in [2.45, 2.75) is 58.8 Å². The van der Waals surface area contributed by atoms with Crippen LogP contribution in [0.3, 0.4) is 0 Å². The molecule has 0 saturated carbocycles. The van der Waals surface area contributed by atoms with E-state index in [9.17, 15) is 92.2 Å². The van der Waals surface area contributed by atoms with Crippen LogP contribution in [0.15, 0.2) is 0 Å². The van der Waals surface area contributed by atoms with E-state index in [1.807, 2.05) is 0 Å². The summed E-state index contributed by atoms with van der Waals surface area (Å²) in [7, 11) is 0. The molecule has 0 aromatic carbocycles. The molecule has 0 aliphatic rings. The van der Waals surface area contributed by atoms with Crippen LogP contribution >= 0.6 is 15.9 Å². The third-order valence-electron chi connectivity index (χ3n) is 3.28. The van der Waals surface area contributed by atoms with Crippen molar-refractivity contribution in [2.24, 2.45) is 0 Å². The van der Waals surface area contributed by atoms with Crippen molar-refractivity contribution in [3.8, 4) is 0 Å². The van der Waals surface area contributed by atoms with E-state index in [0.29, 0.717) is 15.9 Å². The average molecular weight is 615 g/mol. The van der Waals surface area contributed by atoms with E-state index in [2.05, 4.69) is 0 Å². The number of rotatable bonds is 9. The Morgan fingerprint density at radius 2 is 0.576 bits per heavy atom. The smallest absolute Gasteiger partial charge is 0.245 e. The van der Waals surface area contributed by atoms with Crippen LogP contribution in [0.4, 0.5) is 92.2 Å². The summed E-state index contributed by atoms with van der Waals surface area (Å²) < 4.78 is 269. The van der Waals surface area contributed by atoms with E-state index in [-0.39, 0.29) is 0 Å². The summed E-state index contributed by atoms with van der Waals surface area (Å²) in [5.74, 6) is -52.9. The molecule has 200 valence electrons. The van der Waals surface area contributed by atoms with Gasteiger partial charge in [-0.2, -0.15) is 92.2 Å². The molecule has 23 heteroatoms. The van der Waals surface area contributed by atoms with E-state index >= 15 is 0 Å². The lowest BCUT2D eigenvalue weighted by Crippen LogP contribution is -2.75. The Morgan fingerprint density at radius 3 is 0.818 bits per heavy atom. The molecule has 0 aliphatic carbocycles. The minimum Gasteiger partial charge on any atom is -0.245 e. The molecule has 0 bridgehead atoms. The van der Waals surface area contributed by atoms with Crippen LogP contribution in [0.25, 0.3) is 0 Å². The maximum atomic E-state index is 13.2. The van der Waals surface area contributed by atoms with Crippen LogP contribution in [-0.4, -0.2) is 58.8 Å². The second-order valence-corrected chi connectivity index (χ2v) is 6.57. The van der Waals surface area contributed by atoms with Crippen LogP contribution in [0.5, 0.6) is 0 Å². The first kappa shape index (κ1) is 32.0. The van der Waals surface area contributed by atoms with Gasteiger partial charge in [0.15, 0.2) is 0 Å². The zero-order valence-corrected chi connectivity index (χ0v) is 15.3. The van der Waals surface area contributed by atoms with E-state index in [0.717, 1.165) is 0 Å². The maximum Gasteiger partial charge on any atom is 0.460 e. The Bertz CT molecular complexity index is 714. The van der Waals surface area contributed by atoms with E-state index < -0.39 is 58.8 Å². The van der Waals surface area contributed by atoms with Gasteiger partial charge in [-0.3, -0.25) is 0 Å². The fourth-order valence-corrected chi connectivity index (χ4v) is 1.51. The van der Waals surface area contributed by atoms with Crippen LogP contribution in [-0.2, 0) is 4.74 Å². The molecule has 1 nitrogen and oxygen atoms in total. The first-order valence-corrected chi connectivity index (χ1v) is 7.36. The molecule has 0 unspecified atom stereocenters. The standard InChI is InChI=1S/C10BrF21O/c11-7(24,25)10(31,32)33-9(29,30)6(22,23)4(18,19)2(14,15)1(12,13)3(16,17)5(20,21)8(26,27)28. The molecule has 0 atom stereocenters. The van der Waals surface area contributed by atoms with Crippen molar-refractivity contribution in [2.75, 3.05) is 0 Å². The fraction of sp³-hybridized carbons (Fsp3) is 1.00. The Balaban J connectivity index is 6.77. The molecule has 0 heterocycles. The van der Waals surface area contributed by atoms with Crippen LogP contribution in [0, 0.1) is 0 Å². The predicted molar refractivity (Wildman–Crippen MR) is 60.6 cm³/mol. The Labute approximate surface area is 172 Å². The summed E-state index contributed by atoms with van der Waals surface area (Å²) in [5, 5.41) is 0. The number of hydrogen-bond acceptors (Lipinski definition) is 1. The van der Waals surface area contributed by atoms with Crippen molar-refractivity contribution in [1.29, 1.82) is 0 Å². The summed E-state index contributed by atoms with van der Waals surface area (Å²) in [4.78, 5) is -6.21. The number of halogens is 22. The van der Waals surface area contributed by atoms with Gasteiger partial charge < -0.3 is 0 Å². The van der Waals surface area contributed by atoms with Gasteiger partial charge in [-0.1, -0.05) is 0 Å². The lowest BCUT2D eigenvalue weighted by atomic mass is 9.90. The largest absolute Gasteiger partial charge is 0.460 e. The molecule has 0 saturated heterocycles. The zero-order valence-electron chi connectivity index (χ0n) is 13.7. The lowest BCUT2D eigenvalue weighted by Gasteiger charge is -2.42. The third-order valence-corrected chi connectivity index (χ3v) is 3.74. The van der Waals surface area contributed by atoms with Gasteiger partial charge in [0, 0.05) is 15.9 Å². The highest BCUT2D eigenvalue weighted by molar-refractivity contribution is 9.10. The van der Waals surface area contributed by atoms with Crippen molar-refractivity contribution in [3.63, 3.8) is 0 Å². The SMILES string of the molecule is FC(F)(F)C(F)(F)C(F)(F)C(F)(F)C(F)(F)C(F)(F)C(F)(F)C(F)(F)OC(F)(F)C(F)(F)Br. The van der Waals surface area contributed by atoms with Crippen molar-refractivity contribution in [1.82, 2.24) is 0 Å². The first-order valence-electron chi connectivity index (χ1n) is 6.57. The highest BCUT2D eigenvalue weighted by Crippen LogP contribution is 2.64. The van der Waals surface area contributed by atoms with Gasteiger partial charge in [0.25, 0.3) is 0 Å². The van der Waals surface area contributed by atoms with Gasteiger partial charge >= 0.3 is 58.8 Å². The highest BCUT2D eigenvalue weighted by Gasteiger charge is 2.96. The lowest BCUT2D eigenvalue weighted by molar-refractivity contribution is -0.505. The molecular formula is C10BrF21O. The van der Waals surface area contributed by atoms with Gasteiger partial charge in [-0.25, -0.2) is 4.74 Å². The van der Waals surface area contributed by atoms with Crippen molar-refractivity contribution < 1.29 is 96.9 Å². The Kier molecular flexibility index (Phi) is 7.49. The number of hydrogen-bond donors (Lipinski definition) is 0. The summed E-state index contributed by atoms with van der Waals surface area (Å²) in [5.41, 5.74) is 0. The van der Waals surface area contributed by atoms with E-state index in [1.165, 1.54) is 4.74 Å². The molecule has 0 aliphatic heterocycles. The Hall–Kier alpha value is -1.03. The summed E-state index contributed by atoms with van der Waals surface area (Å²) in [6.07, 6.45) is -23.2. The quantitative estimate of drug-likeness (QED) is 0.193. The van der Waals surface area contributed by atoms with E-state index in [1.54, 1.807) is 0 Å². The molecule has 0 amide bonds. The fourth-order valence-electron chi connectivity index (χ4n) is 1.43. The van der Waals surface area contributed by atoms with Gasteiger partial charge in [0.05, 0.1) is 0 Å². The van der Waals surface area contributed by atoms with Crippen LogP contribution < -0.4 is 0 Å². The molecule has 0 radical (unpaired) electrons. The topological polar surface area (TPSA) is 9.23 Å². The molecule has 0 rings (SSSR count). The first-order chi connectivity index (χ1) is 13.7. The number of alkyl halides is 22. The second-order valence-electron chi connectivity index (χ2n) is 5.58. The van der Waals surface area contributed by atoms with E-state index in [4.69, 9.17) is 0 Å². The predicted octanol–water partition coefficient (Wildman–Crippen LogP) is 7.55. The zero-order chi connectivity index (χ0) is 27.7. The van der Waals surface area contributed by atoms with Crippen molar-refractivity contribution >= 4 is 15.9 Å². The molecule has 0 N–H and O–H groups in total. The summed E-state index contributed by atoms with van der Waals surface area (Å²) in [6.45, 7) is 0. The van der Waals surface area contributed by atoms with Crippen LogP contribution in [0.1, 0.15) is 0 Å². The molecule has 0 aromatic heterocycles. The summed E-state index contributed by atoms with van der Waals surface area (Å²) in [6, 6.07) is 0. The third kappa shape index (κ3) is 4.39. The molecule has 0 spiro atoms.